The maximum absolute atomic E-state index is 13.4. The van der Waals surface area contributed by atoms with E-state index in [1.807, 2.05) is 13.8 Å². The zero-order chi connectivity index (χ0) is 24.1. The minimum Gasteiger partial charge on any atom is -0.352 e. The van der Waals surface area contributed by atoms with Gasteiger partial charge in [-0.05, 0) is 56.7 Å². The number of carbonyl (C=O) groups is 2. The van der Waals surface area contributed by atoms with Crippen LogP contribution >= 0.6 is 27.5 Å². The van der Waals surface area contributed by atoms with Crippen LogP contribution in [0.25, 0.3) is 0 Å². The number of anilines is 1. The molecule has 0 radical (unpaired) electrons. The molecule has 0 heterocycles. The summed E-state index contributed by atoms with van der Waals surface area (Å²) in [6.45, 7) is 4.96. The van der Waals surface area contributed by atoms with E-state index in [2.05, 4.69) is 21.2 Å². The van der Waals surface area contributed by atoms with Crippen molar-refractivity contribution in [3.8, 4) is 0 Å². The van der Waals surface area contributed by atoms with Crippen LogP contribution in [0.3, 0.4) is 0 Å². The van der Waals surface area contributed by atoms with Crippen LogP contribution in [-0.2, 0) is 26.2 Å². The van der Waals surface area contributed by atoms with Crippen molar-refractivity contribution in [2.45, 2.75) is 39.4 Å². The van der Waals surface area contributed by atoms with Crippen molar-refractivity contribution in [3.05, 3.63) is 63.6 Å². The summed E-state index contributed by atoms with van der Waals surface area (Å²) in [7, 11) is -3.76. The van der Waals surface area contributed by atoms with E-state index in [-0.39, 0.29) is 18.5 Å². The maximum atomic E-state index is 13.4. The molecule has 10 heteroatoms. The first kappa shape index (κ1) is 26.2. The fraction of sp³-hybridized carbons (Fsp3) is 0.364. The molecule has 0 aromatic heterocycles. The van der Waals surface area contributed by atoms with E-state index in [1.165, 1.54) is 4.90 Å². The van der Waals surface area contributed by atoms with Crippen LogP contribution < -0.4 is 9.62 Å². The number of halogens is 2. The highest BCUT2D eigenvalue weighted by atomic mass is 79.9. The summed E-state index contributed by atoms with van der Waals surface area (Å²) in [4.78, 5) is 27.4. The monoisotopic (exact) mass is 543 g/mol. The lowest BCUT2D eigenvalue weighted by molar-refractivity contribution is -0.139. The Morgan fingerprint density at radius 1 is 1.09 bits per heavy atom. The zero-order valence-corrected chi connectivity index (χ0v) is 21.5. The summed E-state index contributed by atoms with van der Waals surface area (Å²) < 4.78 is 26.7. The Hall–Kier alpha value is -2.10. The highest BCUT2D eigenvalue weighted by Crippen LogP contribution is 2.23. The molecule has 0 aliphatic carbocycles. The van der Waals surface area contributed by atoms with E-state index in [0.717, 1.165) is 16.1 Å². The Morgan fingerprint density at radius 2 is 1.72 bits per heavy atom. The first-order valence-electron chi connectivity index (χ1n) is 9.96. The van der Waals surface area contributed by atoms with Crippen molar-refractivity contribution in [1.29, 1.82) is 0 Å². The number of sulfonamides is 1. The van der Waals surface area contributed by atoms with Crippen molar-refractivity contribution in [1.82, 2.24) is 10.2 Å². The Balaban J connectivity index is 2.38. The van der Waals surface area contributed by atoms with E-state index >= 15 is 0 Å². The molecule has 0 saturated heterocycles. The second-order valence-electron chi connectivity index (χ2n) is 7.74. The van der Waals surface area contributed by atoms with Gasteiger partial charge >= 0.3 is 0 Å². The van der Waals surface area contributed by atoms with E-state index in [4.69, 9.17) is 11.6 Å². The average molecular weight is 545 g/mol. The van der Waals surface area contributed by atoms with Crippen molar-refractivity contribution < 1.29 is 18.0 Å². The zero-order valence-electron chi connectivity index (χ0n) is 18.4. The molecule has 2 aromatic carbocycles. The van der Waals surface area contributed by atoms with Gasteiger partial charge in [-0.3, -0.25) is 13.9 Å². The van der Waals surface area contributed by atoms with E-state index < -0.39 is 28.5 Å². The van der Waals surface area contributed by atoms with Gasteiger partial charge in [0.15, 0.2) is 0 Å². The molecule has 32 heavy (non-hydrogen) atoms. The molecule has 174 valence electrons. The van der Waals surface area contributed by atoms with Crippen LogP contribution in [0.15, 0.2) is 53.0 Å². The Morgan fingerprint density at radius 3 is 2.25 bits per heavy atom. The molecule has 0 fully saturated rings. The van der Waals surface area contributed by atoms with Crippen molar-refractivity contribution >= 4 is 55.1 Å². The number of hydrogen-bond acceptors (Lipinski definition) is 4. The van der Waals surface area contributed by atoms with Gasteiger partial charge in [0.25, 0.3) is 0 Å². The van der Waals surface area contributed by atoms with Gasteiger partial charge in [0.05, 0.1) is 11.9 Å². The van der Waals surface area contributed by atoms with Gasteiger partial charge < -0.3 is 10.2 Å². The number of nitrogens with one attached hydrogen (secondary N) is 1. The van der Waals surface area contributed by atoms with Crippen LogP contribution in [0.5, 0.6) is 0 Å². The highest BCUT2D eigenvalue weighted by Gasteiger charge is 2.30. The predicted octanol–water partition coefficient (Wildman–Crippen LogP) is 3.81. The highest BCUT2D eigenvalue weighted by molar-refractivity contribution is 9.10. The maximum Gasteiger partial charge on any atom is 0.244 e. The first-order valence-corrected chi connectivity index (χ1v) is 13.0. The average Bonchev–Trinajstić information content (AvgIpc) is 2.69. The van der Waals surface area contributed by atoms with E-state index in [9.17, 15) is 18.0 Å². The molecule has 0 unspecified atom stereocenters. The molecule has 7 nitrogen and oxygen atoms in total. The molecule has 0 aliphatic rings. The minimum absolute atomic E-state index is 0.105. The summed E-state index contributed by atoms with van der Waals surface area (Å²) >= 11 is 9.29. The number of carbonyl (C=O) groups excluding carboxylic acids is 2. The van der Waals surface area contributed by atoms with Gasteiger partial charge in [0, 0.05) is 22.1 Å². The topological polar surface area (TPSA) is 86.8 Å². The molecule has 2 aromatic rings. The van der Waals surface area contributed by atoms with Crippen molar-refractivity contribution in [2.75, 3.05) is 17.1 Å². The molecule has 0 bridgehead atoms. The van der Waals surface area contributed by atoms with Crippen molar-refractivity contribution in [2.24, 2.45) is 0 Å². The smallest absolute Gasteiger partial charge is 0.244 e. The fourth-order valence-corrected chi connectivity index (χ4v) is 4.37. The normalized spacial score (nSPS) is 12.3. The predicted molar refractivity (Wildman–Crippen MR) is 131 cm³/mol. The van der Waals surface area contributed by atoms with Crippen LogP contribution in [0, 0.1) is 0 Å². The molecule has 2 amide bonds. The quantitative estimate of drug-likeness (QED) is 0.520. The summed E-state index contributed by atoms with van der Waals surface area (Å²) in [5.41, 5.74) is 1.11. The lowest BCUT2D eigenvalue weighted by Crippen LogP contribution is -2.52. The Kier molecular flexibility index (Phi) is 9.12. The third-order valence-corrected chi connectivity index (χ3v) is 6.53. The molecular formula is C22H27BrClN3O4S. The number of amides is 2. The number of rotatable bonds is 9. The van der Waals surface area contributed by atoms with Gasteiger partial charge in [0.2, 0.25) is 21.8 Å². The van der Waals surface area contributed by atoms with Gasteiger partial charge in [0.1, 0.15) is 12.6 Å². The van der Waals surface area contributed by atoms with E-state index in [0.29, 0.717) is 15.2 Å². The fourth-order valence-electron chi connectivity index (χ4n) is 3.02. The SMILES string of the molecule is CC(C)NC(=O)[C@H](C)N(Cc1ccc(Cl)cc1)C(=O)CN(c1cccc(Br)c1)S(C)(=O)=O. The largest absolute Gasteiger partial charge is 0.352 e. The van der Waals surface area contributed by atoms with Gasteiger partial charge in [-0.2, -0.15) is 0 Å². The van der Waals surface area contributed by atoms with E-state index in [1.54, 1.807) is 55.5 Å². The lowest BCUT2D eigenvalue weighted by Gasteiger charge is -2.32. The molecule has 0 saturated carbocycles. The molecule has 0 spiro atoms. The summed E-state index contributed by atoms with van der Waals surface area (Å²) in [5.74, 6) is -0.826. The van der Waals surface area contributed by atoms with Gasteiger partial charge in [-0.1, -0.05) is 45.7 Å². The van der Waals surface area contributed by atoms with Crippen LogP contribution in [0.1, 0.15) is 26.3 Å². The van der Waals surface area contributed by atoms with Crippen LogP contribution in [-0.4, -0.2) is 50.0 Å². The standard InChI is InChI=1S/C22H27BrClN3O4S/c1-15(2)25-22(29)16(3)26(13-17-8-10-19(24)11-9-17)21(28)14-27(32(4,30)31)20-7-5-6-18(23)12-20/h5-12,15-16H,13-14H2,1-4H3,(H,25,29)/t16-/m0/s1. The number of nitrogens with zero attached hydrogens (tertiary/aromatic N) is 2. The lowest BCUT2D eigenvalue weighted by atomic mass is 10.1. The van der Waals surface area contributed by atoms with Crippen molar-refractivity contribution in [3.63, 3.8) is 0 Å². The number of hydrogen-bond donors (Lipinski definition) is 1. The Labute approximate surface area is 202 Å². The van der Waals surface area contributed by atoms with Gasteiger partial charge in [-0.25, -0.2) is 8.42 Å². The third-order valence-electron chi connectivity index (χ3n) is 4.64. The van der Waals surface area contributed by atoms with Gasteiger partial charge in [-0.15, -0.1) is 0 Å². The molecular weight excluding hydrogens is 518 g/mol. The second kappa shape index (κ2) is 11.2. The summed E-state index contributed by atoms with van der Waals surface area (Å²) in [6, 6.07) is 12.7. The second-order valence-corrected chi connectivity index (χ2v) is 11.0. The number of benzene rings is 2. The summed E-state index contributed by atoms with van der Waals surface area (Å²) in [6.07, 6.45) is 1.04. The minimum atomic E-state index is -3.76. The molecule has 2 rings (SSSR count). The van der Waals surface area contributed by atoms with Crippen LogP contribution in [0.4, 0.5) is 5.69 Å². The molecule has 0 aliphatic heterocycles. The first-order chi connectivity index (χ1) is 14.9. The third kappa shape index (κ3) is 7.50. The Bertz CT molecular complexity index is 1060. The summed E-state index contributed by atoms with van der Waals surface area (Å²) in [5, 5.41) is 3.35. The molecule has 1 N–H and O–H groups in total. The van der Waals surface area contributed by atoms with Crippen LogP contribution in [0.2, 0.25) is 5.02 Å². The molecule has 1 atom stereocenters.